The summed E-state index contributed by atoms with van der Waals surface area (Å²) in [5.74, 6) is -0.264. The van der Waals surface area contributed by atoms with Gasteiger partial charge in [0, 0.05) is 12.6 Å². The van der Waals surface area contributed by atoms with E-state index >= 15 is 0 Å². The summed E-state index contributed by atoms with van der Waals surface area (Å²) in [4.78, 5) is 13.9. The van der Waals surface area contributed by atoms with Crippen LogP contribution in [0, 0.1) is 0 Å². The van der Waals surface area contributed by atoms with Crippen LogP contribution in [-0.2, 0) is 4.79 Å². The van der Waals surface area contributed by atoms with Crippen LogP contribution >= 0.6 is 0 Å². The first-order valence-electron chi connectivity index (χ1n) is 6.70. The maximum absolute atomic E-state index is 11.5. The number of hydrogen-bond donors (Lipinski definition) is 2. The monoisotopic (exact) mass is 243 g/mol. The summed E-state index contributed by atoms with van der Waals surface area (Å²) >= 11 is 0. The largest absolute Gasteiger partial charge is 0.368 e. The van der Waals surface area contributed by atoms with Crippen LogP contribution in [0.4, 0.5) is 0 Å². The van der Waals surface area contributed by atoms with Crippen LogP contribution in [-0.4, -0.2) is 42.0 Å². The van der Waals surface area contributed by atoms with E-state index < -0.39 is 5.54 Å². The van der Waals surface area contributed by atoms with E-state index in [1.807, 2.05) is 13.8 Å². The number of carbonyl (C=O) groups is 1. The second kappa shape index (κ2) is 7.67. The zero-order valence-electron chi connectivity index (χ0n) is 12.0. The molecule has 0 aliphatic rings. The van der Waals surface area contributed by atoms with Gasteiger partial charge in [0.2, 0.25) is 5.91 Å². The van der Waals surface area contributed by atoms with Gasteiger partial charge < -0.3 is 16.0 Å². The lowest BCUT2D eigenvalue weighted by Gasteiger charge is -2.32. The molecule has 0 bridgehead atoms. The number of primary amides is 1. The maximum Gasteiger partial charge on any atom is 0.237 e. The Hall–Kier alpha value is -0.610. The molecule has 3 N–H and O–H groups in total. The Labute approximate surface area is 106 Å². The summed E-state index contributed by atoms with van der Waals surface area (Å²) in [6, 6.07) is 0.554. The van der Waals surface area contributed by atoms with Crippen molar-refractivity contribution in [3.05, 3.63) is 0 Å². The fraction of sp³-hybridized carbons (Fsp3) is 0.923. The fourth-order valence-corrected chi connectivity index (χ4v) is 2.00. The van der Waals surface area contributed by atoms with Crippen molar-refractivity contribution in [1.82, 2.24) is 10.2 Å². The van der Waals surface area contributed by atoms with Crippen molar-refractivity contribution in [3.8, 4) is 0 Å². The molecule has 1 amide bonds. The molecule has 0 rings (SSSR count). The highest BCUT2D eigenvalue weighted by atomic mass is 16.1. The van der Waals surface area contributed by atoms with Gasteiger partial charge in [0.15, 0.2) is 0 Å². The molecule has 0 aromatic heterocycles. The van der Waals surface area contributed by atoms with E-state index in [0.29, 0.717) is 6.04 Å². The summed E-state index contributed by atoms with van der Waals surface area (Å²) in [6.07, 6.45) is 1.89. The number of nitrogens with two attached hydrogens (primary N) is 1. The summed E-state index contributed by atoms with van der Waals surface area (Å²) in [7, 11) is 0. The predicted octanol–water partition coefficient (Wildman–Crippen LogP) is 1.35. The Kier molecular flexibility index (Phi) is 7.39. The lowest BCUT2D eigenvalue weighted by molar-refractivity contribution is -0.124. The van der Waals surface area contributed by atoms with Crippen LogP contribution in [0.5, 0.6) is 0 Å². The molecule has 2 unspecified atom stereocenters. The van der Waals surface area contributed by atoms with Gasteiger partial charge in [0.25, 0.3) is 0 Å². The SMILES string of the molecule is CCNC(C)(CCN(CC)C(C)CC)C(N)=O. The van der Waals surface area contributed by atoms with E-state index in [0.717, 1.165) is 32.5 Å². The first-order valence-corrected chi connectivity index (χ1v) is 6.70. The number of amides is 1. The van der Waals surface area contributed by atoms with Crippen molar-refractivity contribution < 1.29 is 4.79 Å². The van der Waals surface area contributed by atoms with E-state index in [1.165, 1.54) is 0 Å². The molecule has 0 aromatic carbocycles. The smallest absolute Gasteiger partial charge is 0.237 e. The summed E-state index contributed by atoms with van der Waals surface area (Å²) in [5.41, 5.74) is 4.89. The van der Waals surface area contributed by atoms with Crippen molar-refractivity contribution in [1.29, 1.82) is 0 Å². The first kappa shape index (κ1) is 16.4. The molecule has 17 heavy (non-hydrogen) atoms. The maximum atomic E-state index is 11.5. The summed E-state index contributed by atoms with van der Waals surface area (Å²) in [5, 5.41) is 3.19. The third kappa shape index (κ3) is 5.04. The van der Waals surface area contributed by atoms with Crippen LogP contribution in [0.3, 0.4) is 0 Å². The van der Waals surface area contributed by atoms with Gasteiger partial charge >= 0.3 is 0 Å². The first-order chi connectivity index (χ1) is 7.91. The average molecular weight is 243 g/mol. The third-order valence-electron chi connectivity index (χ3n) is 3.63. The highest BCUT2D eigenvalue weighted by Gasteiger charge is 2.30. The second-order valence-electron chi connectivity index (χ2n) is 4.86. The van der Waals surface area contributed by atoms with Crippen LogP contribution in [0.25, 0.3) is 0 Å². The van der Waals surface area contributed by atoms with Crippen molar-refractivity contribution in [2.24, 2.45) is 5.73 Å². The van der Waals surface area contributed by atoms with Gasteiger partial charge in [-0.3, -0.25) is 4.79 Å². The molecule has 0 radical (unpaired) electrons. The topological polar surface area (TPSA) is 58.4 Å². The number of carbonyl (C=O) groups excluding carboxylic acids is 1. The lowest BCUT2D eigenvalue weighted by Crippen LogP contribution is -2.54. The number of rotatable bonds is 9. The molecule has 0 saturated heterocycles. The molecule has 0 aliphatic carbocycles. The molecule has 0 saturated carbocycles. The third-order valence-corrected chi connectivity index (χ3v) is 3.63. The predicted molar refractivity (Wildman–Crippen MR) is 72.9 cm³/mol. The Morgan fingerprint density at radius 2 is 2.00 bits per heavy atom. The molecule has 4 heteroatoms. The van der Waals surface area contributed by atoms with Crippen LogP contribution in [0.1, 0.15) is 47.5 Å². The van der Waals surface area contributed by atoms with Gasteiger partial charge in [-0.25, -0.2) is 0 Å². The van der Waals surface area contributed by atoms with Gasteiger partial charge in [-0.15, -0.1) is 0 Å². The summed E-state index contributed by atoms with van der Waals surface area (Å²) < 4.78 is 0. The highest BCUT2D eigenvalue weighted by Crippen LogP contribution is 2.12. The Morgan fingerprint density at radius 3 is 2.35 bits per heavy atom. The van der Waals surface area contributed by atoms with Crippen LogP contribution in [0.2, 0.25) is 0 Å². The van der Waals surface area contributed by atoms with Gasteiger partial charge in [-0.2, -0.15) is 0 Å². The number of nitrogens with one attached hydrogen (secondary N) is 1. The number of hydrogen-bond acceptors (Lipinski definition) is 3. The zero-order valence-corrected chi connectivity index (χ0v) is 12.0. The lowest BCUT2D eigenvalue weighted by atomic mass is 9.96. The minimum absolute atomic E-state index is 0.264. The standard InChI is InChI=1S/C13H29N3O/c1-6-11(4)16(8-3)10-9-13(5,12(14)17)15-7-2/h11,15H,6-10H2,1-5H3,(H2,14,17). The molecule has 0 aromatic rings. The van der Waals surface area contributed by atoms with Crippen molar-refractivity contribution in [2.45, 2.75) is 59.0 Å². The normalized spacial score (nSPS) is 16.8. The Morgan fingerprint density at radius 1 is 1.41 bits per heavy atom. The minimum Gasteiger partial charge on any atom is -0.368 e. The molecule has 0 aliphatic heterocycles. The van der Waals surface area contributed by atoms with E-state index in [2.05, 4.69) is 31.0 Å². The van der Waals surface area contributed by atoms with Gasteiger partial charge in [-0.1, -0.05) is 20.8 Å². The number of likely N-dealkylation sites (N-methyl/N-ethyl adjacent to an activating group) is 1. The second-order valence-corrected chi connectivity index (χ2v) is 4.86. The number of nitrogens with zero attached hydrogens (tertiary/aromatic N) is 1. The average Bonchev–Trinajstić information content (AvgIpc) is 2.29. The van der Waals surface area contributed by atoms with Crippen LogP contribution < -0.4 is 11.1 Å². The highest BCUT2D eigenvalue weighted by molar-refractivity contribution is 5.84. The van der Waals surface area contributed by atoms with E-state index in [1.54, 1.807) is 0 Å². The molecule has 0 spiro atoms. The molecular weight excluding hydrogens is 214 g/mol. The molecule has 0 heterocycles. The van der Waals surface area contributed by atoms with E-state index in [-0.39, 0.29) is 5.91 Å². The van der Waals surface area contributed by atoms with Gasteiger partial charge in [0.05, 0.1) is 5.54 Å². The zero-order chi connectivity index (χ0) is 13.5. The molecule has 0 fully saturated rings. The van der Waals surface area contributed by atoms with Crippen molar-refractivity contribution in [2.75, 3.05) is 19.6 Å². The minimum atomic E-state index is -0.588. The Bertz CT molecular complexity index is 233. The van der Waals surface area contributed by atoms with Gasteiger partial charge in [0.1, 0.15) is 0 Å². The van der Waals surface area contributed by atoms with E-state index in [4.69, 9.17) is 5.73 Å². The Balaban J connectivity index is 4.42. The van der Waals surface area contributed by atoms with E-state index in [9.17, 15) is 4.79 Å². The van der Waals surface area contributed by atoms with Crippen molar-refractivity contribution in [3.63, 3.8) is 0 Å². The molecule has 2 atom stereocenters. The molecule has 4 nitrogen and oxygen atoms in total. The van der Waals surface area contributed by atoms with Crippen molar-refractivity contribution >= 4 is 5.91 Å². The quantitative estimate of drug-likeness (QED) is 0.643. The van der Waals surface area contributed by atoms with Crippen LogP contribution in [0.15, 0.2) is 0 Å². The molecular formula is C13H29N3O. The van der Waals surface area contributed by atoms with Gasteiger partial charge in [-0.05, 0) is 39.8 Å². The molecule has 102 valence electrons. The fourth-order valence-electron chi connectivity index (χ4n) is 2.00. The summed E-state index contributed by atoms with van der Waals surface area (Å²) in [6.45, 7) is 13.1.